The molecule has 12 heteroatoms. The predicted octanol–water partition coefficient (Wildman–Crippen LogP) is 7.43. The highest BCUT2D eigenvalue weighted by molar-refractivity contribution is 6.35. The molecular weight excluding hydrogens is 665 g/mol. The molecule has 0 fully saturated rings. The van der Waals surface area contributed by atoms with Gasteiger partial charge in [-0.3, -0.25) is 19.6 Å². The zero-order chi connectivity index (χ0) is 33.9. The van der Waals surface area contributed by atoms with Crippen LogP contribution < -0.4 is 5.56 Å². The van der Waals surface area contributed by atoms with Gasteiger partial charge in [0.15, 0.2) is 5.78 Å². The SMILES string of the molecule is COC(=O)c1ccnc(CCl)c1.COC(=O)c1ccnc(Cn2ccc3c(Cl)cccc3c2=O)c1.O=C1CC=Cc2c(Cl)cccc21. The first kappa shape index (κ1) is 35.0. The molecular formula is C35H28Cl3N3O6. The Hall–Kier alpha value is -4.83. The number of methoxy groups -OCH3 is 2. The molecule has 0 saturated heterocycles. The Morgan fingerprint density at radius 1 is 0.809 bits per heavy atom. The van der Waals surface area contributed by atoms with Crippen LogP contribution in [0, 0.1) is 0 Å². The number of alkyl halides is 1. The van der Waals surface area contributed by atoms with Gasteiger partial charge in [0.25, 0.3) is 5.56 Å². The number of nitrogens with zero attached hydrogens (tertiary/aromatic N) is 3. The maximum absolute atomic E-state index is 12.5. The van der Waals surface area contributed by atoms with Crippen LogP contribution >= 0.6 is 34.8 Å². The number of ketones is 1. The second-order valence-corrected chi connectivity index (χ2v) is 11.0. The van der Waals surface area contributed by atoms with Gasteiger partial charge in [-0.25, -0.2) is 9.59 Å². The third-order valence-electron chi connectivity index (χ3n) is 6.85. The van der Waals surface area contributed by atoms with Crippen molar-refractivity contribution in [1.29, 1.82) is 0 Å². The maximum Gasteiger partial charge on any atom is 0.337 e. The minimum Gasteiger partial charge on any atom is -0.465 e. The molecule has 0 radical (unpaired) electrons. The number of rotatable bonds is 5. The number of allylic oxidation sites excluding steroid dienone is 1. The van der Waals surface area contributed by atoms with E-state index in [-0.39, 0.29) is 23.9 Å². The van der Waals surface area contributed by atoms with Gasteiger partial charge in [-0.1, -0.05) is 53.6 Å². The molecule has 47 heavy (non-hydrogen) atoms. The van der Waals surface area contributed by atoms with Crippen molar-refractivity contribution in [2.45, 2.75) is 18.8 Å². The van der Waals surface area contributed by atoms with E-state index in [1.54, 1.807) is 66.9 Å². The first-order chi connectivity index (χ1) is 22.7. The topological polar surface area (TPSA) is 117 Å². The van der Waals surface area contributed by atoms with E-state index in [4.69, 9.17) is 34.8 Å². The minimum atomic E-state index is -0.439. The quantitative estimate of drug-likeness (QED) is 0.138. The van der Waals surface area contributed by atoms with Gasteiger partial charge in [-0.2, -0.15) is 0 Å². The maximum atomic E-state index is 12.5. The molecule has 0 unspecified atom stereocenters. The van der Waals surface area contributed by atoms with Crippen molar-refractivity contribution in [2.75, 3.05) is 14.2 Å². The molecule has 0 amide bonds. The Morgan fingerprint density at radius 3 is 2.06 bits per heavy atom. The number of carbonyl (C=O) groups is 3. The highest BCUT2D eigenvalue weighted by atomic mass is 35.5. The number of Topliss-reactive ketones (excluding diaryl/α,β-unsaturated/α-hetero) is 1. The van der Waals surface area contributed by atoms with Crippen molar-refractivity contribution in [1.82, 2.24) is 14.5 Å². The average Bonchev–Trinajstić information content (AvgIpc) is 3.10. The second-order valence-electron chi connectivity index (χ2n) is 9.87. The van der Waals surface area contributed by atoms with Crippen LogP contribution in [0.15, 0.2) is 96.2 Å². The normalized spacial score (nSPS) is 11.4. The number of fused-ring (bicyclic) bond motifs is 2. The van der Waals surface area contributed by atoms with E-state index >= 15 is 0 Å². The summed E-state index contributed by atoms with van der Waals surface area (Å²) in [5, 5.41) is 2.45. The molecule has 0 bridgehead atoms. The summed E-state index contributed by atoms with van der Waals surface area (Å²) in [6, 6.07) is 18.8. The van der Waals surface area contributed by atoms with Crippen LogP contribution in [0.4, 0.5) is 0 Å². The summed E-state index contributed by atoms with van der Waals surface area (Å²) in [5.41, 5.74) is 3.57. The molecule has 0 atom stereocenters. The number of benzene rings is 2. The van der Waals surface area contributed by atoms with Gasteiger partial charge < -0.3 is 14.0 Å². The monoisotopic (exact) mass is 691 g/mol. The van der Waals surface area contributed by atoms with Crippen LogP contribution in [0.2, 0.25) is 10.0 Å². The Kier molecular flexibility index (Phi) is 12.4. The lowest BCUT2D eigenvalue weighted by molar-refractivity contribution is 0.0591. The number of halogens is 3. The third-order valence-corrected chi connectivity index (χ3v) is 7.78. The number of aromatic nitrogens is 3. The van der Waals surface area contributed by atoms with Crippen molar-refractivity contribution in [3.63, 3.8) is 0 Å². The van der Waals surface area contributed by atoms with Crippen molar-refractivity contribution in [2.24, 2.45) is 0 Å². The van der Waals surface area contributed by atoms with E-state index in [0.717, 1.165) is 11.1 Å². The third kappa shape index (κ3) is 8.92. The fraction of sp³-hybridized carbons (Fsp3) is 0.143. The van der Waals surface area contributed by atoms with E-state index in [1.165, 1.54) is 31.2 Å². The molecule has 1 aliphatic rings. The first-order valence-electron chi connectivity index (χ1n) is 14.0. The van der Waals surface area contributed by atoms with Crippen molar-refractivity contribution >= 4 is 69.4 Å². The molecule has 0 aliphatic heterocycles. The summed E-state index contributed by atoms with van der Waals surface area (Å²) in [6.45, 7) is 0.256. The number of pyridine rings is 3. The molecule has 5 aromatic rings. The lowest BCUT2D eigenvalue weighted by Crippen LogP contribution is -2.20. The van der Waals surface area contributed by atoms with Crippen molar-refractivity contribution in [3.05, 3.63) is 145 Å². The van der Waals surface area contributed by atoms with E-state index in [1.807, 2.05) is 18.2 Å². The first-order valence-corrected chi connectivity index (χ1v) is 15.3. The van der Waals surface area contributed by atoms with Crippen molar-refractivity contribution in [3.8, 4) is 0 Å². The van der Waals surface area contributed by atoms with Crippen LogP contribution in [0.1, 0.15) is 54.4 Å². The summed E-state index contributed by atoms with van der Waals surface area (Å²) in [7, 11) is 2.66. The minimum absolute atomic E-state index is 0.148. The zero-order valence-electron chi connectivity index (χ0n) is 25.3. The standard InChI is InChI=1S/C17H13ClN2O3.C10H7ClO.C8H8ClNO2/c1-23-17(22)11-5-7-19-12(9-11)10-20-8-6-13-14(16(20)21)3-2-4-15(13)18;11-9-5-1-4-8-7(9)3-2-6-10(8)12;1-12-8(11)6-2-3-10-7(4-6)5-9/h2-9H,10H2,1H3;1-5H,6H2;2-4H,5H2,1H3. The van der Waals surface area contributed by atoms with Crippen LogP contribution in [-0.2, 0) is 21.9 Å². The predicted molar refractivity (Wildman–Crippen MR) is 182 cm³/mol. The van der Waals surface area contributed by atoms with Gasteiger partial charge in [0.2, 0.25) is 0 Å². The molecule has 1 aliphatic carbocycles. The van der Waals surface area contributed by atoms with Gasteiger partial charge in [0, 0.05) is 57.0 Å². The number of ether oxygens (including phenoxy) is 2. The Morgan fingerprint density at radius 2 is 1.43 bits per heavy atom. The fourth-order valence-corrected chi connectivity index (χ4v) is 5.15. The molecule has 6 rings (SSSR count). The van der Waals surface area contributed by atoms with Gasteiger partial charge in [-0.05, 0) is 48.5 Å². The van der Waals surface area contributed by atoms with Crippen LogP contribution in [0.5, 0.6) is 0 Å². The number of carbonyl (C=O) groups excluding carboxylic acids is 3. The lowest BCUT2D eigenvalue weighted by Gasteiger charge is -2.09. The summed E-state index contributed by atoms with van der Waals surface area (Å²) in [5.74, 6) is -0.366. The molecule has 2 aromatic carbocycles. The molecule has 0 N–H and O–H groups in total. The highest BCUT2D eigenvalue weighted by Gasteiger charge is 2.14. The summed E-state index contributed by atoms with van der Waals surface area (Å²) in [6.07, 6.45) is 8.96. The van der Waals surface area contributed by atoms with Crippen LogP contribution in [-0.4, -0.2) is 46.5 Å². The van der Waals surface area contributed by atoms with Crippen LogP contribution in [0.25, 0.3) is 16.8 Å². The summed E-state index contributed by atoms with van der Waals surface area (Å²) in [4.78, 5) is 54.6. The Labute approximate surface area is 285 Å². The van der Waals surface area contributed by atoms with Gasteiger partial charge >= 0.3 is 11.9 Å². The molecule has 9 nitrogen and oxygen atoms in total. The molecule has 240 valence electrons. The molecule has 3 aromatic heterocycles. The van der Waals surface area contributed by atoms with Crippen LogP contribution in [0.3, 0.4) is 0 Å². The van der Waals surface area contributed by atoms with Gasteiger partial charge in [0.05, 0.1) is 49.2 Å². The summed E-state index contributed by atoms with van der Waals surface area (Å²) < 4.78 is 10.7. The Bertz CT molecular complexity index is 2030. The lowest BCUT2D eigenvalue weighted by atomic mass is 9.96. The molecule has 0 spiro atoms. The molecule has 0 saturated carbocycles. The van der Waals surface area contributed by atoms with Gasteiger partial charge in [-0.15, -0.1) is 11.6 Å². The molecule has 3 heterocycles. The van der Waals surface area contributed by atoms with E-state index < -0.39 is 5.97 Å². The average molecular weight is 693 g/mol. The highest BCUT2D eigenvalue weighted by Crippen LogP contribution is 2.26. The Balaban J connectivity index is 0.000000176. The number of esters is 2. The zero-order valence-corrected chi connectivity index (χ0v) is 27.6. The fourth-order valence-electron chi connectivity index (χ4n) is 4.53. The summed E-state index contributed by atoms with van der Waals surface area (Å²) >= 11 is 17.5. The smallest absolute Gasteiger partial charge is 0.337 e. The second kappa shape index (κ2) is 16.6. The largest absolute Gasteiger partial charge is 0.465 e. The number of hydrogen-bond acceptors (Lipinski definition) is 8. The van der Waals surface area contributed by atoms with Crippen molar-refractivity contribution < 1.29 is 23.9 Å². The number of hydrogen-bond donors (Lipinski definition) is 0. The van der Waals surface area contributed by atoms with E-state index in [9.17, 15) is 19.2 Å². The van der Waals surface area contributed by atoms with Gasteiger partial charge in [0.1, 0.15) is 0 Å². The van der Waals surface area contributed by atoms with E-state index in [0.29, 0.717) is 55.6 Å². The van der Waals surface area contributed by atoms with E-state index in [2.05, 4.69) is 19.4 Å².